The lowest BCUT2D eigenvalue weighted by Gasteiger charge is -2.20. The Morgan fingerprint density at radius 3 is 2.53 bits per heavy atom. The van der Waals surface area contributed by atoms with Crippen LogP contribution in [0, 0.1) is 0 Å². The van der Waals surface area contributed by atoms with Crippen molar-refractivity contribution in [3.8, 4) is 17.0 Å². The zero-order chi connectivity index (χ0) is 14.0. The quantitative estimate of drug-likeness (QED) is 0.915. The molecule has 0 spiro atoms. The minimum Gasteiger partial charge on any atom is -0.493 e. The van der Waals surface area contributed by atoms with Crippen LogP contribution in [-0.4, -0.2) is 11.8 Å². The normalized spacial score (nSPS) is 11.6. The highest BCUT2D eigenvalue weighted by molar-refractivity contribution is 5.69. The highest BCUT2D eigenvalue weighted by Crippen LogP contribution is 2.34. The number of ether oxygens (including phenoxy) is 1. The summed E-state index contributed by atoms with van der Waals surface area (Å²) in [5, 5.41) is 3.97. The van der Waals surface area contributed by atoms with E-state index in [0.29, 0.717) is 18.2 Å². The van der Waals surface area contributed by atoms with Crippen molar-refractivity contribution in [2.45, 2.75) is 33.1 Å². The molecule has 1 heterocycles. The molecule has 0 aliphatic carbocycles. The summed E-state index contributed by atoms with van der Waals surface area (Å²) < 4.78 is 10.6. The molecule has 4 heteroatoms. The summed E-state index contributed by atoms with van der Waals surface area (Å²) in [5.41, 5.74) is 8.49. The summed E-state index contributed by atoms with van der Waals surface area (Å²) in [4.78, 5) is 0. The third-order valence-corrected chi connectivity index (χ3v) is 2.95. The lowest BCUT2D eigenvalue weighted by atomic mass is 9.85. The second-order valence-corrected chi connectivity index (χ2v) is 5.51. The number of hydrogen-bond donors (Lipinski definition) is 1. The number of benzene rings is 1. The molecule has 0 unspecified atom stereocenters. The molecule has 1 aromatic heterocycles. The van der Waals surface area contributed by atoms with E-state index in [0.717, 1.165) is 11.3 Å². The van der Waals surface area contributed by atoms with Crippen molar-refractivity contribution in [1.82, 2.24) is 5.16 Å². The van der Waals surface area contributed by atoms with Gasteiger partial charge in [-0.1, -0.05) is 32.0 Å². The first-order chi connectivity index (χ1) is 8.91. The van der Waals surface area contributed by atoms with E-state index in [4.69, 9.17) is 15.0 Å². The van der Waals surface area contributed by atoms with Crippen molar-refractivity contribution in [2.24, 2.45) is 0 Å². The minimum absolute atomic E-state index is 0.0643. The minimum atomic E-state index is 0.0643. The Kier molecular flexibility index (Phi) is 3.51. The van der Waals surface area contributed by atoms with Gasteiger partial charge in [0.2, 0.25) is 5.88 Å². The van der Waals surface area contributed by atoms with Crippen LogP contribution >= 0.6 is 0 Å². The molecule has 0 fully saturated rings. The van der Waals surface area contributed by atoms with Crippen LogP contribution in [0.4, 0.5) is 5.88 Å². The molecule has 1 aromatic carbocycles. The second kappa shape index (κ2) is 4.96. The predicted octanol–water partition coefficient (Wildman–Crippen LogP) is 3.62. The average molecular weight is 260 g/mol. The summed E-state index contributed by atoms with van der Waals surface area (Å²) in [6, 6.07) is 7.86. The second-order valence-electron chi connectivity index (χ2n) is 5.51. The van der Waals surface area contributed by atoms with Gasteiger partial charge in [-0.3, -0.25) is 0 Å². The first kappa shape index (κ1) is 13.5. The molecule has 4 nitrogen and oxygen atoms in total. The van der Waals surface area contributed by atoms with Gasteiger partial charge in [-0.2, -0.15) is 0 Å². The maximum absolute atomic E-state index is 5.65. The number of rotatable bonds is 3. The Morgan fingerprint density at radius 1 is 1.26 bits per heavy atom. The van der Waals surface area contributed by atoms with E-state index in [1.807, 2.05) is 13.0 Å². The standard InChI is InChI=1S/C15H20N2O2/c1-5-18-13-7-6-10(15(2,3)4)8-11(13)12-9-14(16)19-17-12/h6-9H,5,16H2,1-4H3. The van der Waals surface area contributed by atoms with Gasteiger partial charge in [0, 0.05) is 11.6 Å². The third-order valence-electron chi connectivity index (χ3n) is 2.95. The van der Waals surface area contributed by atoms with E-state index in [2.05, 4.69) is 38.1 Å². The first-order valence-corrected chi connectivity index (χ1v) is 6.41. The number of hydrogen-bond acceptors (Lipinski definition) is 4. The van der Waals surface area contributed by atoms with Gasteiger partial charge in [0.15, 0.2) is 0 Å². The molecule has 0 aliphatic heterocycles. The molecule has 0 aliphatic rings. The van der Waals surface area contributed by atoms with Crippen molar-refractivity contribution in [3.63, 3.8) is 0 Å². The van der Waals surface area contributed by atoms with Crippen LogP contribution in [0.2, 0.25) is 0 Å². The monoisotopic (exact) mass is 260 g/mol. The molecule has 0 bridgehead atoms. The number of nitrogens with two attached hydrogens (primary N) is 1. The summed E-state index contributed by atoms with van der Waals surface area (Å²) in [7, 11) is 0. The maximum atomic E-state index is 5.65. The Labute approximate surface area is 113 Å². The van der Waals surface area contributed by atoms with Crippen LogP contribution in [0.3, 0.4) is 0 Å². The van der Waals surface area contributed by atoms with Gasteiger partial charge in [0.25, 0.3) is 0 Å². The van der Waals surface area contributed by atoms with E-state index in [9.17, 15) is 0 Å². The Bertz CT molecular complexity index is 568. The molecule has 0 saturated heterocycles. The van der Waals surface area contributed by atoms with E-state index < -0.39 is 0 Å². The van der Waals surface area contributed by atoms with Gasteiger partial charge in [0.05, 0.1) is 6.61 Å². The van der Waals surface area contributed by atoms with E-state index in [1.165, 1.54) is 5.56 Å². The average Bonchev–Trinajstić information content (AvgIpc) is 2.75. The van der Waals surface area contributed by atoms with Crippen molar-refractivity contribution >= 4 is 5.88 Å². The van der Waals surface area contributed by atoms with Crippen LogP contribution in [0.15, 0.2) is 28.8 Å². The van der Waals surface area contributed by atoms with Crippen LogP contribution < -0.4 is 10.5 Å². The number of anilines is 1. The molecule has 0 amide bonds. The third kappa shape index (κ3) is 2.89. The fraction of sp³-hybridized carbons (Fsp3) is 0.400. The SMILES string of the molecule is CCOc1ccc(C(C)(C)C)cc1-c1cc(N)on1. The Hall–Kier alpha value is -1.97. The molecule has 102 valence electrons. The predicted molar refractivity (Wildman–Crippen MR) is 76.2 cm³/mol. The van der Waals surface area contributed by atoms with Gasteiger partial charge in [-0.05, 0) is 30.0 Å². The Balaban J connectivity index is 2.54. The molecular weight excluding hydrogens is 240 g/mol. The number of nitrogens with zero attached hydrogens (tertiary/aromatic N) is 1. The van der Waals surface area contributed by atoms with Gasteiger partial charge < -0.3 is 15.0 Å². The molecule has 2 rings (SSSR count). The van der Waals surface area contributed by atoms with Crippen LogP contribution in [0.25, 0.3) is 11.3 Å². The van der Waals surface area contributed by atoms with E-state index in [-0.39, 0.29) is 5.41 Å². The molecule has 0 saturated carbocycles. The lowest BCUT2D eigenvalue weighted by Crippen LogP contribution is -2.11. The molecular formula is C15H20N2O2. The Morgan fingerprint density at radius 2 is 2.00 bits per heavy atom. The van der Waals surface area contributed by atoms with Crippen molar-refractivity contribution < 1.29 is 9.26 Å². The number of aromatic nitrogens is 1. The lowest BCUT2D eigenvalue weighted by molar-refractivity contribution is 0.341. The summed E-state index contributed by atoms with van der Waals surface area (Å²) in [6.07, 6.45) is 0. The van der Waals surface area contributed by atoms with Gasteiger partial charge in [-0.15, -0.1) is 0 Å². The van der Waals surface area contributed by atoms with Crippen LogP contribution in [0.1, 0.15) is 33.3 Å². The molecule has 0 radical (unpaired) electrons. The van der Waals surface area contributed by atoms with Crippen molar-refractivity contribution in [1.29, 1.82) is 0 Å². The summed E-state index contributed by atoms with van der Waals surface area (Å²) >= 11 is 0. The molecule has 0 atom stereocenters. The smallest absolute Gasteiger partial charge is 0.222 e. The van der Waals surface area contributed by atoms with Crippen LogP contribution in [0.5, 0.6) is 5.75 Å². The van der Waals surface area contributed by atoms with Gasteiger partial charge >= 0.3 is 0 Å². The maximum Gasteiger partial charge on any atom is 0.222 e. The summed E-state index contributed by atoms with van der Waals surface area (Å²) in [5.74, 6) is 1.10. The summed E-state index contributed by atoms with van der Waals surface area (Å²) in [6.45, 7) is 9.07. The van der Waals surface area contributed by atoms with Crippen molar-refractivity contribution in [3.05, 3.63) is 29.8 Å². The molecule has 19 heavy (non-hydrogen) atoms. The van der Waals surface area contributed by atoms with Gasteiger partial charge in [-0.25, -0.2) is 0 Å². The zero-order valence-electron chi connectivity index (χ0n) is 11.9. The fourth-order valence-corrected chi connectivity index (χ4v) is 1.89. The fourth-order valence-electron chi connectivity index (χ4n) is 1.89. The van der Waals surface area contributed by atoms with Crippen LogP contribution in [-0.2, 0) is 5.41 Å². The van der Waals surface area contributed by atoms with Gasteiger partial charge in [0.1, 0.15) is 11.4 Å². The molecule has 2 aromatic rings. The highest BCUT2D eigenvalue weighted by atomic mass is 16.5. The van der Waals surface area contributed by atoms with E-state index >= 15 is 0 Å². The van der Waals surface area contributed by atoms with Crippen molar-refractivity contribution in [2.75, 3.05) is 12.3 Å². The number of nitrogen functional groups attached to an aromatic ring is 1. The first-order valence-electron chi connectivity index (χ1n) is 6.41. The van der Waals surface area contributed by atoms with E-state index in [1.54, 1.807) is 6.07 Å². The molecule has 2 N–H and O–H groups in total. The zero-order valence-corrected chi connectivity index (χ0v) is 11.9. The largest absolute Gasteiger partial charge is 0.493 e. The highest BCUT2D eigenvalue weighted by Gasteiger charge is 2.18. The topological polar surface area (TPSA) is 61.3 Å².